The quantitative estimate of drug-likeness (QED) is 0.736. The van der Waals surface area contributed by atoms with Crippen molar-refractivity contribution in [3.63, 3.8) is 0 Å². The van der Waals surface area contributed by atoms with Crippen LogP contribution in [0.4, 0.5) is 0 Å². The second kappa shape index (κ2) is 4.82. The van der Waals surface area contributed by atoms with Crippen LogP contribution in [-0.2, 0) is 0 Å². The van der Waals surface area contributed by atoms with E-state index in [1.165, 1.54) is 11.1 Å². The molecule has 1 aliphatic carbocycles. The van der Waals surface area contributed by atoms with Crippen molar-refractivity contribution in [2.45, 2.75) is 32.1 Å². The minimum absolute atomic E-state index is 0.454. The van der Waals surface area contributed by atoms with Crippen LogP contribution in [0.25, 0.3) is 0 Å². The van der Waals surface area contributed by atoms with Crippen molar-refractivity contribution in [1.29, 1.82) is 0 Å². The van der Waals surface area contributed by atoms with E-state index < -0.39 is 0 Å². The topological polar surface area (TPSA) is 18.5 Å². The van der Waals surface area contributed by atoms with Gasteiger partial charge in [0, 0.05) is 17.0 Å². The lowest BCUT2D eigenvalue weighted by Gasteiger charge is -2.15. The Kier molecular flexibility index (Phi) is 3.41. The van der Waals surface area contributed by atoms with E-state index in [9.17, 15) is 0 Å². The van der Waals surface area contributed by atoms with Crippen molar-refractivity contribution in [2.75, 3.05) is 14.2 Å². The first-order chi connectivity index (χ1) is 8.22. The molecule has 0 heterocycles. The maximum absolute atomic E-state index is 5.49. The molecule has 0 aromatic heterocycles. The van der Waals surface area contributed by atoms with Crippen molar-refractivity contribution in [2.24, 2.45) is 0 Å². The van der Waals surface area contributed by atoms with Gasteiger partial charge in [0.2, 0.25) is 0 Å². The Morgan fingerprint density at radius 1 is 1.12 bits per heavy atom. The van der Waals surface area contributed by atoms with Crippen LogP contribution in [0.3, 0.4) is 0 Å². The molecule has 0 N–H and O–H groups in total. The van der Waals surface area contributed by atoms with Crippen LogP contribution in [0, 0.1) is 0 Å². The van der Waals surface area contributed by atoms with Crippen LogP contribution < -0.4 is 9.47 Å². The zero-order chi connectivity index (χ0) is 12.4. The van der Waals surface area contributed by atoms with Crippen molar-refractivity contribution in [3.05, 3.63) is 35.4 Å². The maximum Gasteiger partial charge on any atom is 0.123 e. The molecule has 0 fully saturated rings. The Bertz CT molecular complexity index is 435. The van der Waals surface area contributed by atoms with Gasteiger partial charge in [-0.2, -0.15) is 0 Å². The Hall–Kier alpha value is -1.44. The number of benzene rings is 1. The number of methoxy groups -OCH3 is 2. The lowest BCUT2D eigenvalue weighted by atomic mass is 9.99. The van der Waals surface area contributed by atoms with E-state index in [-0.39, 0.29) is 0 Å². The van der Waals surface area contributed by atoms with Gasteiger partial charge in [0.25, 0.3) is 0 Å². The standard InChI is InChI=1S/C15H20O2/c1-5-6-11-9-10(2)14-12(16-3)7-8-13(17-4)15(11)14/h5-8,10-11H,9H2,1-4H3/b6-5-. The molecule has 2 nitrogen and oxygen atoms in total. The summed E-state index contributed by atoms with van der Waals surface area (Å²) in [6.45, 7) is 4.32. The third kappa shape index (κ3) is 1.92. The van der Waals surface area contributed by atoms with Gasteiger partial charge in [0.15, 0.2) is 0 Å². The second-order valence-electron chi connectivity index (χ2n) is 4.57. The molecule has 1 aromatic rings. The third-order valence-electron chi connectivity index (χ3n) is 3.54. The van der Waals surface area contributed by atoms with E-state index in [4.69, 9.17) is 9.47 Å². The van der Waals surface area contributed by atoms with Crippen molar-refractivity contribution < 1.29 is 9.47 Å². The highest BCUT2D eigenvalue weighted by Gasteiger charge is 2.32. The highest BCUT2D eigenvalue weighted by molar-refractivity contribution is 5.56. The Labute approximate surface area is 103 Å². The maximum atomic E-state index is 5.49. The molecule has 0 spiro atoms. The van der Waals surface area contributed by atoms with E-state index in [2.05, 4.69) is 26.0 Å². The molecule has 0 radical (unpaired) electrons. The van der Waals surface area contributed by atoms with Crippen LogP contribution >= 0.6 is 0 Å². The molecule has 2 atom stereocenters. The fraction of sp³-hybridized carbons (Fsp3) is 0.467. The first-order valence-corrected chi connectivity index (χ1v) is 6.10. The van der Waals surface area contributed by atoms with E-state index in [1.54, 1.807) is 14.2 Å². The van der Waals surface area contributed by atoms with Crippen molar-refractivity contribution >= 4 is 0 Å². The number of hydrogen-bond acceptors (Lipinski definition) is 2. The summed E-state index contributed by atoms with van der Waals surface area (Å²) in [6, 6.07) is 4.01. The normalized spacial score (nSPS) is 22.8. The van der Waals surface area contributed by atoms with Gasteiger partial charge in [0.05, 0.1) is 14.2 Å². The summed E-state index contributed by atoms with van der Waals surface area (Å²) >= 11 is 0. The minimum Gasteiger partial charge on any atom is -0.496 e. The van der Waals surface area contributed by atoms with Gasteiger partial charge in [-0.05, 0) is 31.4 Å². The molecule has 0 amide bonds. The highest BCUT2D eigenvalue weighted by Crippen LogP contribution is 2.50. The fourth-order valence-electron chi connectivity index (χ4n) is 2.87. The number of hydrogen-bond donors (Lipinski definition) is 0. The average Bonchev–Trinajstić information content (AvgIpc) is 2.67. The number of fused-ring (bicyclic) bond motifs is 1. The molecule has 1 aromatic carbocycles. The number of allylic oxidation sites excluding steroid dienone is 2. The predicted molar refractivity (Wildman–Crippen MR) is 70.1 cm³/mol. The van der Waals surface area contributed by atoms with E-state index in [1.807, 2.05) is 12.1 Å². The van der Waals surface area contributed by atoms with Gasteiger partial charge in [-0.1, -0.05) is 19.1 Å². The van der Waals surface area contributed by atoms with Crippen LogP contribution in [-0.4, -0.2) is 14.2 Å². The molecule has 17 heavy (non-hydrogen) atoms. The Balaban J connectivity index is 2.59. The second-order valence-corrected chi connectivity index (χ2v) is 4.57. The summed E-state index contributed by atoms with van der Waals surface area (Å²) in [5.41, 5.74) is 2.62. The van der Waals surface area contributed by atoms with Gasteiger partial charge in [0.1, 0.15) is 11.5 Å². The van der Waals surface area contributed by atoms with E-state index in [0.29, 0.717) is 11.8 Å². The first kappa shape index (κ1) is 12.0. The lowest BCUT2D eigenvalue weighted by molar-refractivity contribution is 0.396. The molecule has 0 saturated carbocycles. The van der Waals surface area contributed by atoms with Crippen molar-refractivity contribution in [3.8, 4) is 11.5 Å². The van der Waals surface area contributed by atoms with Crippen LogP contribution in [0.5, 0.6) is 11.5 Å². The van der Waals surface area contributed by atoms with Gasteiger partial charge in [-0.15, -0.1) is 0 Å². The van der Waals surface area contributed by atoms with Crippen LogP contribution in [0.2, 0.25) is 0 Å². The summed E-state index contributed by atoms with van der Waals surface area (Å²) < 4.78 is 11.0. The molecule has 92 valence electrons. The molecule has 2 heteroatoms. The van der Waals surface area contributed by atoms with Crippen LogP contribution in [0.15, 0.2) is 24.3 Å². The van der Waals surface area contributed by atoms with E-state index >= 15 is 0 Å². The van der Waals surface area contributed by atoms with Crippen molar-refractivity contribution in [1.82, 2.24) is 0 Å². The molecule has 0 saturated heterocycles. The Morgan fingerprint density at radius 2 is 1.71 bits per heavy atom. The SMILES string of the molecule is C/C=C\C1CC(C)c2c(OC)ccc(OC)c21. The summed E-state index contributed by atoms with van der Waals surface area (Å²) in [5.74, 6) is 2.94. The number of rotatable bonds is 3. The average molecular weight is 232 g/mol. The molecular weight excluding hydrogens is 212 g/mol. The zero-order valence-corrected chi connectivity index (χ0v) is 11.0. The van der Waals surface area contributed by atoms with Gasteiger partial charge >= 0.3 is 0 Å². The minimum atomic E-state index is 0.454. The van der Waals surface area contributed by atoms with E-state index in [0.717, 1.165) is 17.9 Å². The number of ether oxygens (including phenoxy) is 2. The predicted octanol–water partition coefficient (Wildman–Crippen LogP) is 3.87. The van der Waals surface area contributed by atoms with Gasteiger partial charge in [-0.3, -0.25) is 0 Å². The molecule has 2 rings (SSSR count). The summed E-state index contributed by atoms with van der Waals surface area (Å²) in [5, 5.41) is 0. The van der Waals surface area contributed by atoms with Gasteiger partial charge < -0.3 is 9.47 Å². The zero-order valence-electron chi connectivity index (χ0n) is 11.0. The first-order valence-electron chi connectivity index (χ1n) is 6.10. The third-order valence-corrected chi connectivity index (χ3v) is 3.54. The fourth-order valence-corrected chi connectivity index (χ4v) is 2.87. The Morgan fingerprint density at radius 3 is 2.24 bits per heavy atom. The molecule has 1 aliphatic rings. The smallest absolute Gasteiger partial charge is 0.123 e. The molecular formula is C15H20O2. The highest BCUT2D eigenvalue weighted by atomic mass is 16.5. The lowest BCUT2D eigenvalue weighted by Crippen LogP contribution is -1.97. The summed E-state index contributed by atoms with van der Waals surface area (Å²) in [7, 11) is 3.47. The largest absolute Gasteiger partial charge is 0.496 e. The molecule has 0 bridgehead atoms. The van der Waals surface area contributed by atoms with Gasteiger partial charge in [-0.25, -0.2) is 0 Å². The van der Waals surface area contributed by atoms with Crippen LogP contribution in [0.1, 0.15) is 43.2 Å². The molecule has 2 unspecified atom stereocenters. The summed E-state index contributed by atoms with van der Waals surface area (Å²) in [4.78, 5) is 0. The molecule has 0 aliphatic heterocycles. The summed E-state index contributed by atoms with van der Waals surface area (Å²) in [6.07, 6.45) is 5.51. The monoisotopic (exact) mass is 232 g/mol.